The predicted octanol–water partition coefficient (Wildman–Crippen LogP) is 3.40. The first-order valence-corrected chi connectivity index (χ1v) is 12.6. The van der Waals surface area contributed by atoms with Gasteiger partial charge in [-0.25, -0.2) is 12.8 Å². The molecule has 0 spiro atoms. The number of nitrogens with zero attached hydrogens (tertiary/aromatic N) is 2. The Morgan fingerprint density at radius 3 is 2.71 bits per heavy atom. The maximum atomic E-state index is 13.6. The van der Waals surface area contributed by atoms with Gasteiger partial charge in [0.2, 0.25) is 10.0 Å². The Kier molecular flexibility index (Phi) is 8.12. The average molecular weight is 491 g/mol. The summed E-state index contributed by atoms with van der Waals surface area (Å²) in [5.41, 5.74) is 0.990. The second-order valence-electron chi connectivity index (χ2n) is 8.64. The van der Waals surface area contributed by atoms with Crippen molar-refractivity contribution in [1.29, 1.82) is 0 Å². The Hall–Kier alpha value is -2.75. The van der Waals surface area contributed by atoms with Gasteiger partial charge in [-0.15, -0.1) is 0 Å². The molecule has 0 aromatic heterocycles. The van der Waals surface area contributed by atoms with E-state index in [4.69, 9.17) is 4.74 Å². The van der Waals surface area contributed by atoms with Gasteiger partial charge < -0.3 is 14.7 Å². The van der Waals surface area contributed by atoms with E-state index in [1.807, 2.05) is 26.0 Å². The van der Waals surface area contributed by atoms with Crippen molar-refractivity contribution >= 4 is 22.0 Å². The minimum Gasteiger partial charge on any atom is -0.487 e. The summed E-state index contributed by atoms with van der Waals surface area (Å²) < 4.78 is 48.1. The van der Waals surface area contributed by atoms with Crippen LogP contribution in [-0.4, -0.2) is 67.5 Å². The summed E-state index contributed by atoms with van der Waals surface area (Å²) in [6, 6.07) is 9.69. The highest BCUT2D eigenvalue weighted by Gasteiger charge is 2.38. The molecule has 9 heteroatoms. The Morgan fingerprint density at radius 1 is 1.32 bits per heavy atom. The Labute approximate surface area is 200 Å². The van der Waals surface area contributed by atoms with Crippen LogP contribution in [0.5, 0.6) is 5.75 Å². The van der Waals surface area contributed by atoms with Gasteiger partial charge in [0.1, 0.15) is 22.6 Å². The molecule has 2 aromatic rings. The lowest BCUT2D eigenvalue weighted by Gasteiger charge is -2.37. The predicted molar refractivity (Wildman–Crippen MR) is 129 cm³/mol. The summed E-state index contributed by atoms with van der Waals surface area (Å²) in [7, 11) is -2.33. The number of rotatable bonds is 6. The van der Waals surface area contributed by atoms with Crippen LogP contribution in [0.2, 0.25) is 0 Å². The lowest BCUT2D eigenvalue weighted by atomic mass is 10.0. The van der Waals surface area contributed by atoms with Crippen molar-refractivity contribution in [3.8, 4) is 5.75 Å². The number of benzene rings is 2. The summed E-state index contributed by atoms with van der Waals surface area (Å²) in [6.45, 7) is 5.28. The number of halogens is 1. The van der Waals surface area contributed by atoms with Crippen LogP contribution in [0.4, 0.5) is 4.39 Å². The lowest BCUT2D eigenvalue weighted by molar-refractivity contribution is 0.0563. The average Bonchev–Trinajstić information content (AvgIpc) is 2.80. The lowest BCUT2D eigenvalue weighted by Crippen LogP contribution is -2.50. The Morgan fingerprint density at radius 2 is 2.06 bits per heavy atom. The zero-order chi connectivity index (χ0) is 25.0. The van der Waals surface area contributed by atoms with E-state index in [0.717, 1.165) is 5.56 Å². The fourth-order valence-corrected chi connectivity index (χ4v) is 5.78. The van der Waals surface area contributed by atoms with Gasteiger partial charge in [0.15, 0.2) is 0 Å². The standard InChI is InChI=1S/C25H31FN2O5S/c1-5-7-19-10-11-24-22(12-19)33-23(17(2)14-28(18(3)16-29)34(24,31)32)15-27(4)25(30)20-8-6-9-21(26)13-20/h5-13,17-18,23,29H,14-16H2,1-4H3/t17-,18+,23-/m0/s1. The number of amides is 1. The SMILES string of the molecule is CC=Cc1ccc2c(c1)O[C@@H](CN(C)C(=O)c1cccc(F)c1)[C@@H](C)CN([C@H](C)CO)S2(=O)=O. The number of carbonyl (C=O) groups is 1. The molecule has 0 bridgehead atoms. The van der Waals surface area contributed by atoms with Crippen LogP contribution in [0.3, 0.4) is 0 Å². The molecule has 34 heavy (non-hydrogen) atoms. The van der Waals surface area contributed by atoms with Crippen LogP contribution in [0, 0.1) is 11.7 Å². The highest BCUT2D eigenvalue weighted by Crippen LogP contribution is 2.34. The highest BCUT2D eigenvalue weighted by molar-refractivity contribution is 7.89. The van der Waals surface area contributed by atoms with Crippen molar-refractivity contribution in [3.63, 3.8) is 0 Å². The molecular formula is C25H31FN2O5S. The topological polar surface area (TPSA) is 87.2 Å². The van der Waals surface area contributed by atoms with E-state index in [0.29, 0.717) is 0 Å². The molecule has 1 amide bonds. The van der Waals surface area contributed by atoms with Crippen LogP contribution >= 0.6 is 0 Å². The number of carbonyl (C=O) groups excluding carboxylic acids is 1. The normalized spacial score (nSPS) is 21.2. The second-order valence-corrected chi connectivity index (χ2v) is 10.5. The van der Waals surface area contributed by atoms with E-state index in [1.54, 1.807) is 32.2 Å². The van der Waals surface area contributed by atoms with Crippen molar-refractivity contribution < 1.29 is 27.4 Å². The summed E-state index contributed by atoms with van der Waals surface area (Å²) in [6.07, 6.45) is 3.12. The molecule has 0 fully saturated rings. The first-order valence-electron chi connectivity index (χ1n) is 11.2. The third-order valence-electron chi connectivity index (χ3n) is 5.92. The summed E-state index contributed by atoms with van der Waals surface area (Å²) in [5.74, 6) is -0.994. The molecule has 1 heterocycles. The number of aliphatic hydroxyl groups is 1. The third-order valence-corrected chi connectivity index (χ3v) is 7.94. The van der Waals surface area contributed by atoms with Gasteiger partial charge in [-0.05, 0) is 49.7 Å². The van der Waals surface area contributed by atoms with Crippen molar-refractivity contribution in [2.75, 3.05) is 26.7 Å². The van der Waals surface area contributed by atoms with Gasteiger partial charge in [-0.1, -0.05) is 31.2 Å². The largest absolute Gasteiger partial charge is 0.487 e. The first-order chi connectivity index (χ1) is 16.1. The molecule has 3 atom stereocenters. The van der Waals surface area contributed by atoms with Gasteiger partial charge in [-0.3, -0.25) is 4.79 Å². The van der Waals surface area contributed by atoms with Crippen LogP contribution in [0.25, 0.3) is 6.08 Å². The molecule has 0 unspecified atom stereocenters. The van der Waals surface area contributed by atoms with Crippen LogP contribution in [-0.2, 0) is 10.0 Å². The fourth-order valence-electron chi connectivity index (χ4n) is 3.95. The molecule has 3 rings (SSSR count). The molecule has 0 aliphatic carbocycles. The van der Waals surface area contributed by atoms with Gasteiger partial charge in [-0.2, -0.15) is 4.31 Å². The maximum absolute atomic E-state index is 13.6. The minimum absolute atomic E-state index is 0.0112. The van der Waals surface area contributed by atoms with E-state index >= 15 is 0 Å². The smallest absolute Gasteiger partial charge is 0.253 e. The number of ether oxygens (including phenoxy) is 1. The Balaban J connectivity index is 2.00. The van der Waals surface area contributed by atoms with Crippen LogP contribution < -0.4 is 4.74 Å². The molecule has 1 aliphatic rings. The van der Waals surface area contributed by atoms with E-state index < -0.39 is 28.0 Å². The second kappa shape index (κ2) is 10.7. The number of hydrogen-bond donors (Lipinski definition) is 1. The minimum atomic E-state index is -3.93. The summed E-state index contributed by atoms with van der Waals surface area (Å²) in [5, 5.41) is 9.73. The molecule has 0 saturated heterocycles. The summed E-state index contributed by atoms with van der Waals surface area (Å²) >= 11 is 0. The van der Waals surface area contributed by atoms with Crippen LogP contribution in [0.1, 0.15) is 36.7 Å². The molecule has 0 radical (unpaired) electrons. The van der Waals surface area contributed by atoms with Crippen molar-refractivity contribution in [3.05, 3.63) is 65.5 Å². The van der Waals surface area contributed by atoms with Crippen molar-refractivity contribution in [2.24, 2.45) is 5.92 Å². The van der Waals surface area contributed by atoms with E-state index in [2.05, 4.69) is 0 Å². The fraction of sp³-hybridized carbons (Fsp3) is 0.400. The van der Waals surface area contributed by atoms with Crippen molar-refractivity contribution in [2.45, 2.75) is 37.8 Å². The maximum Gasteiger partial charge on any atom is 0.253 e. The van der Waals surface area contributed by atoms with E-state index in [-0.39, 0.29) is 47.7 Å². The number of sulfonamides is 1. The van der Waals surface area contributed by atoms with Crippen molar-refractivity contribution in [1.82, 2.24) is 9.21 Å². The first kappa shape index (κ1) is 25.9. The summed E-state index contributed by atoms with van der Waals surface area (Å²) in [4.78, 5) is 14.4. The number of aliphatic hydroxyl groups excluding tert-OH is 1. The van der Waals surface area contributed by atoms with Gasteiger partial charge >= 0.3 is 0 Å². The zero-order valence-corrected chi connectivity index (χ0v) is 20.6. The number of likely N-dealkylation sites (N-methyl/N-ethyl adjacent to an activating group) is 1. The highest BCUT2D eigenvalue weighted by atomic mass is 32.2. The van der Waals surface area contributed by atoms with E-state index in [1.165, 1.54) is 33.5 Å². The monoisotopic (exact) mass is 490 g/mol. The quantitative estimate of drug-likeness (QED) is 0.671. The molecule has 0 saturated carbocycles. The van der Waals surface area contributed by atoms with Crippen LogP contribution in [0.15, 0.2) is 53.4 Å². The zero-order valence-electron chi connectivity index (χ0n) is 19.8. The number of hydrogen-bond acceptors (Lipinski definition) is 5. The van der Waals surface area contributed by atoms with E-state index in [9.17, 15) is 22.7 Å². The molecule has 1 aliphatic heterocycles. The molecule has 184 valence electrons. The number of allylic oxidation sites excluding steroid dienone is 1. The number of fused-ring (bicyclic) bond motifs is 1. The Bertz CT molecular complexity index is 1170. The third kappa shape index (κ3) is 5.48. The van der Waals surface area contributed by atoms with Gasteiger partial charge in [0.25, 0.3) is 5.91 Å². The molecule has 2 aromatic carbocycles. The molecule has 7 nitrogen and oxygen atoms in total. The molecule has 1 N–H and O–H groups in total. The molecular weight excluding hydrogens is 459 g/mol. The van der Waals surface area contributed by atoms with Gasteiger partial charge in [0, 0.05) is 31.1 Å². The van der Waals surface area contributed by atoms with Gasteiger partial charge in [0.05, 0.1) is 13.2 Å².